The second-order valence-electron chi connectivity index (χ2n) is 10.6. The predicted octanol–water partition coefficient (Wildman–Crippen LogP) is 8.10. The topological polar surface area (TPSA) is 44.2 Å². The van der Waals surface area contributed by atoms with E-state index < -0.39 is 10.8 Å². The molecule has 0 bridgehead atoms. The molecule has 1 aliphatic carbocycles. The molecule has 0 radical (unpaired) electrons. The van der Waals surface area contributed by atoms with Gasteiger partial charge in [-0.2, -0.15) is 0 Å². The van der Waals surface area contributed by atoms with Gasteiger partial charge in [-0.15, -0.1) is 0 Å². The minimum Gasteiger partial charge on any atom is -0.457 e. The van der Waals surface area contributed by atoms with Crippen LogP contribution < -0.4 is 9.47 Å². The number of allylic oxidation sites excluding steroid dienone is 6. The molecule has 0 saturated heterocycles. The number of fused-ring (bicyclic) bond motifs is 5. The Labute approximate surface area is 234 Å². The maximum atomic E-state index is 6.31. The monoisotopic (exact) mass is 520 g/mol. The summed E-state index contributed by atoms with van der Waals surface area (Å²) in [5.41, 5.74) is 7.29. The zero-order valence-corrected chi connectivity index (χ0v) is 22.5. The minimum atomic E-state index is -0.546. The predicted molar refractivity (Wildman–Crippen MR) is 159 cm³/mol. The fourth-order valence-corrected chi connectivity index (χ4v) is 6.11. The lowest BCUT2D eigenvalue weighted by molar-refractivity contribution is 0.314. The van der Waals surface area contributed by atoms with Crippen molar-refractivity contribution in [2.45, 2.75) is 24.7 Å². The van der Waals surface area contributed by atoms with Crippen LogP contribution in [0, 0.1) is 13.8 Å². The fraction of sp³-hybridized carbons (Fsp3) is 0.111. The van der Waals surface area contributed by atoms with Crippen LogP contribution in [0.15, 0.2) is 134 Å². The van der Waals surface area contributed by atoms with Crippen LogP contribution in [-0.2, 0) is 10.8 Å². The van der Waals surface area contributed by atoms with Crippen molar-refractivity contribution in [1.29, 1.82) is 0 Å². The third kappa shape index (κ3) is 3.46. The van der Waals surface area contributed by atoms with Crippen LogP contribution in [0.2, 0.25) is 0 Å². The SMILES string of the molecule is C=CC1=CC2(C=CC23C=C(C=C)Oc2ccc(-c4cc(C)ccn4)cc23)c2cc(-c3cc(C)ccn3)ccc2O1. The molecule has 4 heteroatoms. The number of nitrogens with zero attached hydrogens (tertiary/aromatic N) is 2. The molecular formula is C36H28N2O2. The van der Waals surface area contributed by atoms with E-state index in [2.05, 4.69) is 97.7 Å². The van der Waals surface area contributed by atoms with Crippen molar-refractivity contribution < 1.29 is 9.47 Å². The number of hydrogen-bond acceptors (Lipinski definition) is 4. The Bertz CT molecular complexity index is 1700. The molecule has 2 atom stereocenters. The smallest absolute Gasteiger partial charge is 0.131 e. The first-order valence-corrected chi connectivity index (χ1v) is 13.4. The average Bonchev–Trinajstić information content (AvgIpc) is 2.98. The van der Waals surface area contributed by atoms with Crippen molar-refractivity contribution in [3.63, 3.8) is 0 Å². The molecule has 0 amide bonds. The second kappa shape index (κ2) is 8.78. The highest BCUT2D eigenvalue weighted by molar-refractivity contribution is 5.75. The van der Waals surface area contributed by atoms with Gasteiger partial charge in [0.15, 0.2) is 0 Å². The highest BCUT2D eigenvalue weighted by Crippen LogP contribution is 2.63. The highest BCUT2D eigenvalue weighted by Gasteiger charge is 2.59. The zero-order valence-electron chi connectivity index (χ0n) is 22.5. The molecule has 2 unspecified atom stereocenters. The summed E-state index contributed by atoms with van der Waals surface area (Å²) < 4.78 is 12.6. The van der Waals surface area contributed by atoms with Crippen LogP contribution in [-0.4, -0.2) is 9.97 Å². The molecule has 0 saturated carbocycles. The number of ether oxygens (including phenoxy) is 2. The third-order valence-corrected chi connectivity index (χ3v) is 8.16. The highest BCUT2D eigenvalue weighted by atomic mass is 16.5. The summed E-state index contributed by atoms with van der Waals surface area (Å²) in [5.74, 6) is 3.04. The van der Waals surface area contributed by atoms with Crippen LogP contribution in [0.5, 0.6) is 11.5 Å². The lowest BCUT2D eigenvalue weighted by Crippen LogP contribution is -2.53. The van der Waals surface area contributed by atoms with Gasteiger partial charge in [0.25, 0.3) is 0 Å². The number of aryl methyl sites for hydroxylation is 2. The molecule has 4 nitrogen and oxygen atoms in total. The largest absolute Gasteiger partial charge is 0.457 e. The molecule has 2 aliphatic heterocycles. The van der Waals surface area contributed by atoms with Crippen molar-refractivity contribution in [3.8, 4) is 34.0 Å². The summed E-state index contributed by atoms with van der Waals surface area (Å²) in [5, 5.41) is 0. The standard InChI is InChI=1S/C36H28N2O2/c1-5-27-21-35(29-19-25(7-9-33(29)39-27)31-17-23(3)11-15-37-31)13-14-36(35)22-28(6-2)40-34-10-8-26(20-30(34)36)32-18-24(4)12-16-38-32/h5-22H,1-2H2,3-4H3. The second-order valence-corrected chi connectivity index (χ2v) is 10.6. The van der Waals surface area contributed by atoms with Crippen molar-refractivity contribution in [2.75, 3.05) is 0 Å². The Balaban J connectivity index is 1.48. The summed E-state index contributed by atoms with van der Waals surface area (Å²) in [4.78, 5) is 9.31. The van der Waals surface area contributed by atoms with Crippen molar-refractivity contribution in [1.82, 2.24) is 9.97 Å². The summed E-state index contributed by atoms with van der Waals surface area (Å²) in [6, 6.07) is 20.9. The van der Waals surface area contributed by atoms with Gasteiger partial charge in [0.1, 0.15) is 23.0 Å². The van der Waals surface area contributed by atoms with Gasteiger partial charge in [0, 0.05) is 34.6 Å². The maximum absolute atomic E-state index is 6.31. The van der Waals surface area contributed by atoms with Crippen LogP contribution in [0.4, 0.5) is 0 Å². The van der Waals surface area contributed by atoms with E-state index in [1.54, 1.807) is 12.2 Å². The van der Waals surface area contributed by atoms with E-state index in [9.17, 15) is 0 Å². The first-order valence-electron chi connectivity index (χ1n) is 13.4. The number of pyridine rings is 2. The Kier molecular flexibility index (Phi) is 5.29. The molecule has 40 heavy (non-hydrogen) atoms. The lowest BCUT2D eigenvalue weighted by atomic mass is 9.48. The molecule has 194 valence electrons. The van der Waals surface area contributed by atoms with E-state index in [-0.39, 0.29) is 0 Å². The maximum Gasteiger partial charge on any atom is 0.131 e. The Hall–Kier alpha value is -4.96. The molecule has 3 aliphatic rings. The fourth-order valence-electron chi connectivity index (χ4n) is 6.11. The lowest BCUT2D eigenvalue weighted by Gasteiger charge is -2.55. The van der Waals surface area contributed by atoms with Gasteiger partial charge in [0.2, 0.25) is 0 Å². The van der Waals surface area contributed by atoms with Crippen molar-refractivity contribution in [2.24, 2.45) is 0 Å². The van der Waals surface area contributed by atoms with Crippen molar-refractivity contribution in [3.05, 3.63) is 156 Å². The van der Waals surface area contributed by atoms with Gasteiger partial charge < -0.3 is 9.47 Å². The molecule has 0 N–H and O–H groups in total. The number of aromatic nitrogens is 2. The number of rotatable bonds is 4. The van der Waals surface area contributed by atoms with Gasteiger partial charge in [-0.05, 0) is 110 Å². The van der Waals surface area contributed by atoms with Gasteiger partial charge >= 0.3 is 0 Å². The Morgan fingerprint density at radius 2 is 1.07 bits per heavy atom. The molecule has 2 spiro atoms. The van der Waals surface area contributed by atoms with Crippen LogP contribution in [0.1, 0.15) is 22.3 Å². The van der Waals surface area contributed by atoms with Gasteiger partial charge in [-0.1, -0.05) is 25.3 Å². The molecule has 0 fully saturated rings. The summed E-state index contributed by atoms with van der Waals surface area (Å²) in [6.45, 7) is 12.2. The zero-order chi connectivity index (χ0) is 27.5. The quantitative estimate of drug-likeness (QED) is 0.255. The normalized spacial score (nSPS) is 21.8. The molecule has 4 heterocycles. The number of benzene rings is 2. The van der Waals surface area contributed by atoms with E-state index in [1.165, 1.54) is 0 Å². The molecule has 7 rings (SSSR count). The summed E-state index contributed by atoms with van der Waals surface area (Å²) in [6.07, 6.45) is 16.1. The Morgan fingerprint density at radius 3 is 1.45 bits per heavy atom. The van der Waals surface area contributed by atoms with Gasteiger partial charge in [-0.25, -0.2) is 0 Å². The first kappa shape index (κ1) is 24.1. The summed E-state index contributed by atoms with van der Waals surface area (Å²) in [7, 11) is 0. The minimum absolute atomic E-state index is 0.546. The molecule has 2 aromatic heterocycles. The molecule has 2 aromatic carbocycles. The van der Waals surface area contributed by atoms with E-state index in [0.717, 1.165) is 67.8 Å². The average molecular weight is 521 g/mol. The van der Waals surface area contributed by atoms with Crippen LogP contribution >= 0.6 is 0 Å². The van der Waals surface area contributed by atoms with E-state index in [1.807, 2.05) is 36.7 Å². The molecular weight excluding hydrogens is 492 g/mol. The Morgan fingerprint density at radius 1 is 0.625 bits per heavy atom. The van der Waals surface area contributed by atoms with Gasteiger partial charge in [-0.3, -0.25) is 9.97 Å². The van der Waals surface area contributed by atoms with E-state index in [4.69, 9.17) is 9.47 Å². The van der Waals surface area contributed by atoms with Crippen molar-refractivity contribution >= 4 is 0 Å². The van der Waals surface area contributed by atoms with E-state index in [0.29, 0.717) is 0 Å². The van der Waals surface area contributed by atoms with Crippen LogP contribution in [0.3, 0.4) is 0 Å². The number of hydrogen-bond donors (Lipinski definition) is 0. The molecule has 4 aromatic rings. The van der Waals surface area contributed by atoms with E-state index >= 15 is 0 Å². The summed E-state index contributed by atoms with van der Waals surface area (Å²) >= 11 is 0. The third-order valence-electron chi connectivity index (χ3n) is 8.16. The first-order chi connectivity index (χ1) is 19.4. The van der Waals surface area contributed by atoms with Gasteiger partial charge in [0.05, 0.1) is 22.2 Å². The van der Waals surface area contributed by atoms with Crippen LogP contribution in [0.25, 0.3) is 22.5 Å².